The Morgan fingerprint density at radius 2 is 1.40 bits per heavy atom. The Morgan fingerprint density at radius 1 is 0.900 bits per heavy atom. The zero-order valence-electron chi connectivity index (χ0n) is 6.27. The maximum absolute atomic E-state index is 5.15. The second-order valence-electron chi connectivity index (χ2n) is 2.48. The largest absolute Gasteiger partial charge is 0.466 e. The number of hydrogen-bond donors (Lipinski definition) is 0. The normalized spacial score (nSPS) is 21.4. The molecule has 10 heavy (non-hydrogen) atoms. The molecule has 0 unspecified atom stereocenters. The van der Waals surface area contributed by atoms with Crippen LogP contribution in [0.2, 0.25) is 0 Å². The second kappa shape index (κ2) is 4.20. The van der Waals surface area contributed by atoms with Gasteiger partial charge in [0.05, 0.1) is 13.2 Å². The Balaban J connectivity index is 2.21. The summed E-state index contributed by atoms with van der Waals surface area (Å²) in [4.78, 5) is 0. The van der Waals surface area contributed by atoms with E-state index in [0.717, 1.165) is 26.1 Å². The van der Waals surface area contributed by atoms with Crippen LogP contribution in [0.4, 0.5) is 0 Å². The van der Waals surface area contributed by atoms with Gasteiger partial charge in [-0.3, -0.25) is 0 Å². The zero-order valence-corrected chi connectivity index (χ0v) is 6.27. The van der Waals surface area contributed by atoms with E-state index in [2.05, 4.69) is 6.58 Å². The fourth-order valence-electron chi connectivity index (χ4n) is 0.971. The van der Waals surface area contributed by atoms with Gasteiger partial charge < -0.3 is 9.47 Å². The molecule has 0 amide bonds. The quantitative estimate of drug-likeness (QED) is 0.515. The van der Waals surface area contributed by atoms with Gasteiger partial charge in [-0.05, 0) is 32.3 Å². The molecule has 1 fully saturated rings. The van der Waals surface area contributed by atoms with Gasteiger partial charge in [0.15, 0.2) is 0 Å². The molecule has 0 saturated carbocycles. The maximum Gasteiger partial charge on any atom is 0.271 e. The molecule has 1 aliphatic rings. The minimum atomic E-state index is 0.488. The summed E-state index contributed by atoms with van der Waals surface area (Å²) < 4.78 is 10.3. The molecule has 58 valence electrons. The van der Waals surface area contributed by atoms with E-state index in [0.29, 0.717) is 5.95 Å². The summed E-state index contributed by atoms with van der Waals surface area (Å²) in [6, 6.07) is 0. The van der Waals surface area contributed by atoms with Gasteiger partial charge in [-0.15, -0.1) is 0 Å². The SMILES string of the molecule is C=C1OCCCCCCO1. The van der Waals surface area contributed by atoms with Gasteiger partial charge in [-0.2, -0.15) is 0 Å². The van der Waals surface area contributed by atoms with Crippen LogP contribution >= 0.6 is 0 Å². The summed E-state index contributed by atoms with van der Waals surface area (Å²) in [5.41, 5.74) is 0. The van der Waals surface area contributed by atoms with E-state index < -0.39 is 0 Å². The van der Waals surface area contributed by atoms with Crippen LogP contribution in [0.3, 0.4) is 0 Å². The minimum absolute atomic E-state index is 0.488. The van der Waals surface area contributed by atoms with E-state index in [-0.39, 0.29) is 0 Å². The summed E-state index contributed by atoms with van der Waals surface area (Å²) in [7, 11) is 0. The molecule has 0 bridgehead atoms. The van der Waals surface area contributed by atoms with Crippen LogP contribution in [0.5, 0.6) is 0 Å². The molecule has 0 aromatic heterocycles. The van der Waals surface area contributed by atoms with E-state index >= 15 is 0 Å². The lowest BCUT2D eigenvalue weighted by Gasteiger charge is -2.06. The van der Waals surface area contributed by atoms with Crippen LogP contribution in [0.1, 0.15) is 25.7 Å². The number of ether oxygens (including phenoxy) is 2. The van der Waals surface area contributed by atoms with E-state index in [1.807, 2.05) is 0 Å². The lowest BCUT2D eigenvalue weighted by Crippen LogP contribution is -1.96. The highest BCUT2D eigenvalue weighted by atomic mass is 16.7. The van der Waals surface area contributed by atoms with Crippen molar-refractivity contribution < 1.29 is 9.47 Å². The Labute approximate surface area is 61.8 Å². The van der Waals surface area contributed by atoms with Crippen molar-refractivity contribution in [2.45, 2.75) is 25.7 Å². The molecular weight excluding hydrogens is 128 g/mol. The van der Waals surface area contributed by atoms with Crippen LogP contribution in [0.15, 0.2) is 12.5 Å². The van der Waals surface area contributed by atoms with Crippen LogP contribution in [0.25, 0.3) is 0 Å². The number of hydrogen-bond acceptors (Lipinski definition) is 2. The first-order chi connectivity index (χ1) is 4.89. The van der Waals surface area contributed by atoms with Gasteiger partial charge in [-0.1, -0.05) is 0 Å². The predicted molar refractivity (Wildman–Crippen MR) is 39.5 cm³/mol. The fourth-order valence-corrected chi connectivity index (χ4v) is 0.971. The van der Waals surface area contributed by atoms with Crippen molar-refractivity contribution in [3.05, 3.63) is 12.5 Å². The molecule has 0 aliphatic carbocycles. The lowest BCUT2D eigenvalue weighted by atomic mass is 10.2. The highest BCUT2D eigenvalue weighted by molar-refractivity contribution is 4.68. The van der Waals surface area contributed by atoms with Gasteiger partial charge in [-0.25, -0.2) is 0 Å². The summed E-state index contributed by atoms with van der Waals surface area (Å²) in [5.74, 6) is 0.488. The van der Waals surface area contributed by atoms with Gasteiger partial charge in [0.1, 0.15) is 0 Å². The molecule has 1 aliphatic heterocycles. The molecule has 0 aromatic rings. The molecule has 0 radical (unpaired) electrons. The van der Waals surface area contributed by atoms with Crippen LogP contribution < -0.4 is 0 Å². The fraction of sp³-hybridized carbons (Fsp3) is 0.750. The van der Waals surface area contributed by atoms with Crippen molar-refractivity contribution in [1.82, 2.24) is 0 Å². The Bertz CT molecular complexity index is 97.8. The maximum atomic E-state index is 5.15. The zero-order chi connectivity index (χ0) is 7.23. The molecule has 0 aromatic carbocycles. The minimum Gasteiger partial charge on any atom is -0.466 e. The van der Waals surface area contributed by atoms with E-state index in [9.17, 15) is 0 Å². The first-order valence-corrected chi connectivity index (χ1v) is 3.84. The smallest absolute Gasteiger partial charge is 0.271 e. The van der Waals surface area contributed by atoms with E-state index in [4.69, 9.17) is 9.47 Å². The molecule has 0 N–H and O–H groups in total. The summed E-state index contributed by atoms with van der Waals surface area (Å²) in [6.07, 6.45) is 4.75. The van der Waals surface area contributed by atoms with Crippen molar-refractivity contribution in [3.63, 3.8) is 0 Å². The Hall–Kier alpha value is -0.660. The molecule has 0 spiro atoms. The molecule has 0 atom stereocenters. The van der Waals surface area contributed by atoms with Crippen LogP contribution in [-0.4, -0.2) is 13.2 Å². The standard InChI is InChI=1S/C8H14O2/c1-8-9-6-4-2-3-5-7-10-8/h1-7H2. The lowest BCUT2D eigenvalue weighted by molar-refractivity contribution is 0.0412. The summed E-state index contributed by atoms with van der Waals surface area (Å²) >= 11 is 0. The van der Waals surface area contributed by atoms with Crippen molar-refractivity contribution in [2.24, 2.45) is 0 Å². The third-order valence-corrected chi connectivity index (χ3v) is 1.56. The van der Waals surface area contributed by atoms with Gasteiger partial charge >= 0.3 is 0 Å². The van der Waals surface area contributed by atoms with E-state index in [1.54, 1.807) is 0 Å². The predicted octanol–water partition coefficient (Wildman–Crippen LogP) is 2.06. The van der Waals surface area contributed by atoms with Crippen LogP contribution in [0, 0.1) is 0 Å². The Kier molecular flexibility index (Phi) is 3.13. The average Bonchev–Trinajstić information content (AvgIpc) is 2.02. The number of rotatable bonds is 0. The first kappa shape index (κ1) is 7.45. The van der Waals surface area contributed by atoms with Crippen molar-refractivity contribution >= 4 is 0 Å². The molecular formula is C8H14O2. The molecule has 2 nitrogen and oxygen atoms in total. The van der Waals surface area contributed by atoms with E-state index in [1.165, 1.54) is 12.8 Å². The molecule has 1 saturated heterocycles. The first-order valence-electron chi connectivity index (χ1n) is 3.84. The highest BCUT2D eigenvalue weighted by Crippen LogP contribution is 2.07. The van der Waals surface area contributed by atoms with Crippen molar-refractivity contribution in [1.29, 1.82) is 0 Å². The average molecular weight is 142 g/mol. The van der Waals surface area contributed by atoms with Gasteiger partial charge in [0.25, 0.3) is 5.95 Å². The summed E-state index contributed by atoms with van der Waals surface area (Å²) in [6.45, 7) is 5.14. The van der Waals surface area contributed by atoms with Gasteiger partial charge in [0, 0.05) is 0 Å². The monoisotopic (exact) mass is 142 g/mol. The topological polar surface area (TPSA) is 18.5 Å². The summed E-state index contributed by atoms with van der Waals surface area (Å²) in [5, 5.41) is 0. The van der Waals surface area contributed by atoms with Crippen molar-refractivity contribution in [3.8, 4) is 0 Å². The third-order valence-electron chi connectivity index (χ3n) is 1.56. The third kappa shape index (κ3) is 2.76. The van der Waals surface area contributed by atoms with Crippen LogP contribution in [-0.2, 0) is 9.47 Å². The van der Waals surface area contributed by atoms with Crippen molar-refractivity contribution in [2.75, 3.05) is 13.2 Å². The highest BCUT2D eigenvalue weighted by Gasteiger charge is 1.99. The second-order valence-corrected chi connectivity index (χ2v) is 2.48. The molecule has 2 heteroatoms. The molecule has 1 heterocycles. The Morgan fingerprint density at radius 3 is 1.90 bits per heavy atom. The molecule has 1 rings (SSSR count). The van der Waals surface area contributed by atoms with Gasteiger partial charge in [0.2, 0.25) is 0 Å².